The van der Waals surface area contributed by atoms with E-state index in [-0.39, 0.29) is 17.9 Å². The number of anilines is 1. The van der Waals surface area contributed by atoms with Crippen molar-refractivity contribution < 1.29 is 23.3 Å². The molecule has 0 aromatic heterocycles. The van der Waals surface area contributed by atoms with E-state index in [4.69, 9.17) is 4.74 Å². The Morgan fingerprint density at radius 2 is 2.00 bits per heavy atom. The summed E-state index contributed by atoms with van der Waals surface area (Å²) in [5.74, 6) is 0.195. The second-order valence-electron chi connectivity index (χ2n) is 8.98. The number of phenolic OH excluding ortho intramolecular Hbond substituents is 1. The largest absolute Gasteiger partial charge is 0.504 e. The first-order chi connectivity index (χ1) is 15.1. The molecule has 8 heteroatoms. The molecule has 2 heterocycles. The molecule has 32 heavy (non-hydrogen) atoms. The van der Waals surface area contributed by atoms with Crippen LogP contribution >= 0.6 is 10.8 Å². The monoisotopic (exact) mass is 462 g/mol. The predicted molar refractivity (Wildman–Crippen MR) is 127 cm³/mol. The SMILES string of the molecule is CC(C)Oc1cc(CN2CC[C@]3(C=CS(O)(O)N3c3cccc(F)c3)C[C@@H]2C)ccc1O. The summed E-state index contributed by atoms with van der Waals surface area (Å²) in [5, 5.41) is 11.5. The molecule has 1 spiro atoms. The first-order valence-electron chi connectivity index (χ1n) is 10.9. The Morgan fingerprint density at radius 3 is 2.69 bits per heavy atom. The first-order valence-corrected chi connectivity index (χ1v) is 12.4. The number of ether oxygens (including phenoxy) is 1. The fraction of sp³-hybridized carbons (Fsp3) is 0.417. The minimum Gasteiger partial charge on any atom is -0.504 e. The molecule has 1 saturated heterocycles. The standard InChI is InChI=1S/C24H31FN2O4S/c1-17(2)31-23-13-19(7-8-22(23)28)16-26-11-9-24(15-18(26)3)10-12-32(29,30)27(24)21-6-4-5-20(25)14-21/h4-8,10,12-14,17-18,28-30H,9,11,15-16H2,1-3H3/t18-,24-/m0/s1. The highest BCUT2D eigenvalue weighted by Gasteiger charge is 2.49. The van der Waals surface area contributed by atoms with Crippen LogP contribution in [0.15, 0.2) is 53.9 Å². The average Bonchev–Trinajstić information content (AvgIpc) is 2.96. The van der Waals surface area contributed by atoms with E-state index in [0.717, 1.165) is 12.1 Å². The van der Waals surface area contributed by atoms with Crippen LogP contribution in [0, 0.1) is 5.82 Å². The van der Waals surface area contributed by atoms with Crippen LogP contribution < -0.4 is 9.04 Å². The smallest absolute Gasteiger partial charge is 0.161 e. The van der Waals surface area contributed by atoms with Gasteiger partial charge in [0.15, 0.2) is 11.5 Å². The van der Waals surface area contributed by atoms with Crippen LogP contribution in [-0.4, -0.2) is 43.3 Å². The molecule has 2 aliphatic rings. The highest BCUT2D eigenvalue weighted by atomic mass is 32.3. The fourth-order valence-corrected chi connectivity index (χ4v) is 6.48. The van der Waals surface area contributed by atoms with E-state index in [1.54, 1.807) is 22.5 Å². The highest BCUT2D eigenvalue weighted by molar-refractivity contribution is 8.28. The summed E-state index contributed by atoms with van der Waals surface area (Å²) in [6.07, 6.45) is 3.19. The van der Waals surface area contributed by atoms with Crippen molar-refractivity contribution in [2.24, 2.45) is 0 Å². The maximum atomic E-state index is 13.9. The van der Waals surface area contributed by atoms with E-state index in [9.17, 15) is 18.6 Å². The number of hydrogen-bond acceptors (Lipinski definition) is 6. The van der Waals surface area contributed by atoms with Gasteiger partial charge in [-0.15, -0.1) is 0 Å². The lowest BCUT2D eigenvalue weighted by atomic mass is 9.83. The molecule has 174 valence electrons. The number of benzene rings is 2. The molecule has 6 nitrogen and oxygen atoms in total. The molecule has 3 N–H and O–H groups in total. The van der Waals surface area contributed by atoms with E-state index in [1.807, 2.05) is 32.1 Å². The van der Waals surface area contributed by atoms with Crippen LogP contribution in [0.3, 0.4) is 0 Å². The second kappa shape index (κ2) is 8.59. The zero-order chi connectivity index (χ0) is 23.1. The minimum atomic E-state index is -3.16. The van der Waals surface area contributed by atoms with Gasteiger partial charge in [0.1, 0.15) is 5.82 Å². The number of nitrogens with zero attached hydrogens (tertiary/aromatic N) is 2. The third kappa shape index (κ3) is 4.45. The van der Waals surface area contributed by atoms with Gasteiger partial charge >= 0.3 is 0 Å². The summed E-state index contributed by atoms with van der Waals surface area (Å²) in [7, 11) is -3.16. The Balaban J connectivity index is 1.53. The minimum absolute atomic E-state index is 0.0346. The lowest BCUT2D eigenvalue weighted by Gasteiger charge is -2.52. The van der Waals surface area contributed by atoms with Crippen molar-refractivity contribution in [2.75, 3.05) is 10.8 Å². The Kier molecular flexibility index (Phi) is 6.15. The number of piperidine rings is 1. The quantitative estimate of drug-likeness (QED) is 0.526. The summed E-state index contributed by atoms with van der Waals surface area (Å²) in [5.41, 5.74) is 0.933. The first kappa shape index (κ1) is 22.9. The summed E-state index contributed by atoms with van der Waals surface area (Å²) in [4.78, 5) is 2.33. The number of phenols is 1. The van der Waals surface area contributed by atoms with E-state index in [1.165, 1.54) is 17.5 Å². The summed E-state index contributed by atoms with van der Waals surface area (Å²) in [6, 6.07) is 11.6. The Bertz CT molecular complexity index is 1020. The molecule has 2 aromatic carbocycles. The summed E-state index contributed by atoms with van der Waals surface area (Å²) < 4.78 is 42.7. The van der Waals surface area contributed by atoms with Crippen LogP contribution in [-0.2, 0) is 6.54 Å². The Labute approximate surface area is 190 Å². The molecule has 0 bridgehead atoms. The van der Waals surface area contributed by atoms with E-state index in [0.29, 0.717) is 30.8 Å². The molecular weight excluding hydrogens is 431 g/mol. The molecule has 2 aliphatic heterocycles. The maximum Gasteiger partial charge on any atom is 0.161 e. The van der Waals surface area contributed by atoms with Gasteiger partial charge < -0.3 is 9.84 Å². The molecule has 0 saturated carbocycles. The van der Waals surface area contributed by atoms with Crippen molar-refractivity contribution in [1.82, 2.24) is 4.90 Å². The summed E-state index contributed by atoms with van der Waals surface area (Å²) in [6.45, 7) is 7.37. The van der Waals surface area contributed by atoms with Crippen molar-refractivity contribution in [1.29, 1.82) is 0 Å². The van der Waals surface area contributed by atoms with Crippen LogP contribution in [0.4, 0.5) is 10.1 Å². The molecule has 4 rings (SSSR count). The van der Waals surface area contributed by atoms with Gasteiger partial charge in [0.05, 0.1) is 17.3 Å². The average molecular weight is 463 g/mol. The van der Waals surface area contributed by atoms with Gasteiger partial charge in [-0.1, -0.05) is 22.9 Å². The van der Waals surface area contributed by atoms with Crippen LogP contribution in [0.25, 0.3) is 0 Å². The fourth-order valence-electron chi connectivity index (χ4n) is 4.74. The Morgan fingerprint density at radius 1 is 1.22 bits per heavy atom. The van der Waals surface area contributed by atoms with Crippen LogP contribution in [0.1, 0.15) is 39.2 Å². The number of rotatable bonds is 5. The molecule has 2 atom stereocenters. The molecule has 0 radical (unpaired) electrons. The van der Waals surface area contributed by atoms with E-state index < -0.39 is 22.1 Å². The van der Waals surface area contributed by atoms with Crippen molar-refractivity contribution in [3.05, 3.63) is 65.3 Å². The maximum absolute atomic E-state index is 13.9. The normalized spacial score (nSPS) is 26.1. The van der Waals surface area contributed by atoms with Gasteiger partial charge in [0, 0.05) is 24.5 Å². The highest BCUT2D eigenvalue weighted by Crippen LogP contribution is 2.60. The lowest BCUT2D eigenvalue weighted by molar-refractivity contribution is 0.119. The zero-order valence-electron chi connectivity index (χ0n) is 18.6. The molecular formula is C24H31FN2O4S. The third-order valence-electron chi connectivity index (χ3n) is 6.15. The lowest BCUT2D eigenvalue weighted by Crippen LogP contribution is -2.55. The summed E-state index contributed by atoms with van der Waals surface area (Å²) >= 11 is 0. The predicted octanol–water partition coefficient (Wildman–Crippen LogP) is 5.74. The van der Waals surface area contributed by atoms with Gasteiger partial charge in [-0.05, 0) is 75.6 Å². The van der Waals surface area contributed by atoms with Gasteiger partial charge in [-0.2, -0.15) is 0 Å². The second-order valence-corrected chi connectivity index (χ2v) is 10.7. The van der Waals surface area contributed by atoms with Gasteiger partial charge in [0.2, 0.25) is 0 Å². The van der Waals surface area contributed by atoms with Gasteiger partial charge in [-0.25, -0.2) is 4.39 Å². The van der Waals surface area contributed by atoms with Crippen molar-refractivity contribution in [2.45, 2.75) is 57.8 Å². The van der Waals surface area contributed by atoms with Crippen molar-refractivity contribution in [3.8, 4) is 11.5 Å². The van der Waals surface area contributed by atoms with Crippen molar-refractivity contribution in [3.63, 3.8) is 0 Å². The Hall–Kier alpha value is -2.26. The third-order valence-corrected chi connectivity index (χ3v) is 7.77. The molecule has 0 amide bonds. The molecule has 2 aromatic rings. The van der Waals surface area contributed by atoms with E-state index >= 15 is 0 Å². The van der Waals surface area contributed by atoms with Gasteiger partial charge in [0.25, 0.3) is 0 Å². The zero-order valence-corrected chi connectivity index (χ0v) is 19.4. The number of aromatic hydroxyl groups is 1. The number of hydrogen-bond donors (Lipinski definition) is 3. The topological polar surface area (TPSA) is 76.4 Å². The molecule has 1 fully saturated rings. The van der Waals surface area contributed by atoms with E-state index in [2.05, 4.69) is 11.8 Å². The van der Waals surface area contributed by atoms with Crippen LogP contribution in [0.5, 0.6) is 11.5 Å². The molecule has 0 unspecified atom stereocenters. The van der Waals surface area contributed by atoms with Crippen molar-refractivity contribution >= 4 is 16.5 Å². The molecule has 0 aliphatic carbocycles. The van der Waals surface area contributed by atoms with Crippen LogP contribution in [0.2, 0.25) is 0 Å². The number of likely N-dealkylation sites (tertiary alicyclic amines) is 1. The number of halogens is 1. The van der Waals surface area contributed by atoms with Gasteiger partial charge in [-0.3, -0.25) is 18.3 Å².